The summed E-state index contributed by atoms with van der Waals surface area (Å²) < 4.78 is 0. The third kappa shape index (κ3) is 5.13. The highest BCUT2D eigenvalue weighted by Crippen LogP contribution is 2.23. The van der Waals surface area contributed by atoms with Crippen molar-refractivity contribution in [2.24, 2.45) is 5.92 Å². The van der Waals surface area contributed by atoms with Gasteiger partial charge in [0, 0.05) is 24.7 Å². The van der Waals surface area contributed by atoms with Gasteiger partial charge in [0.05, 0.1) is 0 Å². The fourth-order valence-corrected chi connectivity index (χ4v) is 3.63. The summed E-state index contributed by atoms with van der Waals surface area (Å²) >= 11 is 0. The van der Waals surface area contributed by atoms with Crippen molar-refractivity contribution >= 4 is 6.03 Å². The normalized spacial score (nSPS) is 27.4. The van der Waals surface area contributed by atoms with Gasteiger partial charge >= 0.3 is 6.03 Å². The van der Waals surface area contributed by atoms with Crippen molar-refractivity contribution in [1.29, 1.82) is 0 Å². The summed E-state index contributed by atoms with van der Waals surface area (Å²) in [4.78, 5) is 14.6. The lowest BCUT2D eigenvalue weighted by atomic mass is 9.87. The molecule has 128 valence electrons. The number of hydrogen-bond donors (Lipinski definition) is 3. The van der Waals surface area contributed by atoms with E-state index in [1.807, 2.05) is 0 Å². The Morgan fingerprint density at radius 3 is 2.36 bits per heavy atom. The fourth-order valence-electron chi connectivity index (χ4n) is 3.63. The van der Waals surface area contributed by atoms with Crippen LogP contribution < -0.4 is 10.6 Å². The highest BCUT2D eigenvalue weighted by molar-refractivity contribution is 5.74. The predicted octanol–water partition coefficient (Wildman–Crippen LogP) is 2.10. The predicted molar refractivity (Wildman–Crippen MR) is 88.9 cm³/mol. The number of likely N-dealkylation sites (tertiary alicyclic amines) is 1. The molecule has 5 heteroatoms. The van der Waals surface area contributed by atoms with Gasteiger partial charge in [-0.2, -0.15) is 0 Å². The van der Waals surface area contributed by atoms with Crippen LogP contribution in [0.3, 0.4) is 0 Å². The number of amides is 2. The number of nitrogens with zero attached hydrogens (tertiary/aromatic N) is 1. The first kappa shape index (κ1) is 17.5. The molecule has 3 N–H and O–H groups in total. The summed E-state index contributed by atoms with van der Waals surface area (Å²) in [5, 5.41) is 15.3. The van der Waals surface area contributed by atoms with Crippen LogP contribution in [0.25, 0.3) is 0 Å². The number of nitrogens with one attached hydrogen (secondary N) is 2. The average molecular weight is 311 g/mol. The lowest BCUT2D eigenvalue weighted by Gasteiger charge is -2.41. The minimum atomic E-state index is -0.0440. The van der Waals surface area contributed by atoms with Gasteiger partial charge in [-0.3, -0.25) is 4.90 Å². The van der Waals surface area contributed by atoms with Crippen LogP contribution in [0.15, 0.2) is 0 Å². The van der Waals surface area contributed by atoms with E-state index in [0.29, 0.717) is 12.5 Å². The van der Waals surface area contributed by atoms with Gasteiger partial charge in [-0.1, -0.05) is 6.42 Å². The molecule has 0 aromatic carbocycles. The van der Waals surface area contributed by atoms with Gasteiger partial charge in [-0.15, -0.1) is 0 Å². The zero-order valence-corrected chi connectivity index (χ0v) is 14.2. The van der Waals surface area contributed by atoms with Crippen molar-refractivity contribution in [3.05, 3.63) is 0 Å². The molecular formula is C17H33N3O2. The first-order chi connectivity index (χ1) is 10.5. The fraction of sp³-hybridized carbons (Fsp3) is 0.941. The summed E-state index contributed by atoms with van der Waals surface area (Å²) in [5.41, 5.74) is 0.0201. The van der Waals surface area contributed by atoms with Crippen LogP contribution in [-0.4, -0.2) is 53.9 Å². The number of piperidine rings is 1. The van der Waals surface area contributed by atoms with Crippen LogP contribution >= 0.6 is 0 Å². The third-order valence-corrected chi connectivity index (χ3v) is 5.33. The van der Waals surface area contributed by atoms with E-state index in [1.165, 1.54) is 19.3 Å². The molecule has 0 atom stereocenters. The number of carbonyl (C=O) groups is 1. The summed E-state index contributed by atoms with van der Waals surface area (Å²) in [5.74, 6) is 0.430. The summed E-state index contributed by atoms with van der Waals surface area (Å²) in [6.07, 6.45) is 7.86. The van der Waals surface area contributed by atoms with Crippen molar-refractivity contribution in [3.8, 4) is 0 Å². The number of rotatable bonds is 5. The van der Waals surface area contributed by atoms with Gasteiger partial charge in [0.1, 0.15) is 0 Å². The molecule has 0 spiro atoms. The van der Waals surface area contributed by atoms with Crippen LogP contribution in [-0.2, 0) is 0 Å². The molecule has 2 amide bonds. The van der Waals surface area contributed by atoms with Crippen molar-refractivity contribution in [3.63, 3.8) is 0 Å². The monoisotopic (exact) mass is 311 g/mol. The van der Waals surface area contributed by atoms with Crippen LogP contribution in [0.4, 0.5) is 4.79 Å². The summed E-state index contributed by atoms with van der Waals surface area (Å²) in [6, 6.07) is 0.221. The second-order valence-corrected chi connectivity index (χ2v) is 7.59. The molecule has 2 fully saturated rings. The largest absolute Gasteiger partial charge is 0.396 e. The molecule has 2 rings (SSSR count). The van der Waals surface area contributed by atoms with E-state index in [-0.39, 0.29) is 24.2 Å². The molecule has 5 nitrogen and oxygen atoms in total. The molecule has 1 saturated carbocycles. The Kier molecular flexibility index (Phi) is 6.50. The van der Waals surface area contributed by atoms with Crippen LogP contribution in [0.2, 0.25) is 0 Å². The van der Waals surface area contributed by atoms with Crippen molar-refractivity contribution in [2.75, 3.05) is 26.2 Å². The number of aliphatic hydroxyl groups is 1. The van der Waals surface area contributed by atoms with E-state index in [0.717, 1.165) is 38.8 Å². The zero-order valence-electron chi connectivity index (χ0n) is 14.2. The highest BCUT2D eigenvalue weighted by atomic mass is 16.3. The van der Waals surface area contributed by atoms with Gasteiger partial charge in [-0.25, -0.2) is 4.79 Å². The van der Waals surface area contributed by atoms with Gasteiger partial charge in [0.25, 0.3) is 0 Å². The third-order valence-electron chi connectivity index (χ3n) is 5.33. The van der Waals surface area contributed by atoms with Crippen molar-refractivity contribution in [1.82, 2.24) is 15.5 Å². The molecule has 0 aromatic rings. The molecule has 0 unspecified atom stereocenters. The maximum Gasteiger partial charge on any atom is 0.315 e. The number of hydrogen-bond acceptors (Lipinski definition) is 3. The minimum Gasteiger partial charge on any atom is -0.396 e. The molecular weight excluding hydrogens is 278 g/mol. The Morgan fingerprint density at radius 2 is 1.77 bits per heavy atom. The number of urea groups is 1. The first-order valence-corrected chi connectivity index (χ1v) is 8.91. The number of aliphatic hydroxyl groups excluding tert-OH is 1. The Balaban J connectivity index is 1.68. The Hall–Kier alpha value is -0.810. The SMILES string of the molecule is CC(C)(CNC(=O)NC1CCC(CO)CC1)N1CCCCC1. The van der Waals surface area contributed by atoms with Gasteiger partial charge in [0.2, 0.25) is 0 Å². The first-order valence-electron chi connectivity index (χ1n) is 8.91. The van der Waals surface area contributed by atoms with Crippen molar-refractivity contribution in [2.45, 2.75) is 70.4 Å². The molecule has 0 aromatic heterocycles. The lowest BCUT2D eigenvalue weighted by Crippen LogP contribution is -2.55. The quantitative estimate of drug-likeness (QED) is 0.728. The van der Waals surface area contributed by atoms with E-state index in [4.69, 9.17) is 5.11 Å². The summed E-state index contributed by atoms with van der Waals surface area (Å²) in [7, 11) is 0. The van der Waals surface area contributed by atoms with E-state index in [2.05, 4.69) is 29.4 Å². The molecule has 2 aliphatic rings. The summed E-state index contributed by atoms with van der Waals surface area (Å²) in [6.45, 7) is 7.67. The maximum atomic E-state index is 12.1. The van der Waals surface area contributed by atoms with E-state index in [9.17, 15) is 4.79 Å². The van der Waals surface area contributed by atoms with E-state index >= 15 is 0 Å². The molecule has 0 bridgehead atoms. The van der Waals surface area contributed by atoms with Crippen molar-refractivity contribution < 1.29 is 9.90 Å². The van der Waals surface area contributed by atoms with Gasteiger partial charge in [-0.05, 0) is 71.4 Å². The van der Waals surface area contributed by atoms with Gasteiger partial charge < -0.3 is 15.7 Å². The smallest absolute Gasteiger partial charge is 0.315 e. The zero-order chi connectivity index (χ0) is 16.0. The average Bonchev–Trinajstić information content (AvgIpc) is 2.55. The Morgan fingerprint density at radius 1 is 1.14 bits per heavy atom. The van der Waals surface area contributed by atoms with Crippen LogP contribution in [0, 0.1) is 5.92 Å². The van der Waals surface area contributed by atoms with Crippen LogP contribution in [0.5, 0.6) is 0 Å². The second kappa shape index (κ2) is 8.16. The Bertz CT molecular complexity index is 346. The molecule has 22 heavy (non-hydrogen) atoms. The Labute approximate surface area is 134 Å². The topological polar surface area (TPSA) is 64.6 Å². The minimum absolute atomic E-state index is 0.0201. The molecule has 1 saturated heterocycles. The second-order valence-electron chi connectivity index (χ2n) is 7.59. The van der Waals surface area contributed by atoms with Gasteiger partial charge in [0.15, 0.2) is 0 Å². The lowest BCUT2D eigenvalue weighted by molar-refractivity contribution is 0.0956. The molecule has 0 radical (unpaired) electrons. The number of carbonyl (C=O) groups excluding carboxylic acids is 1. The molecule has 1 aliphatic heterocycles. The maximum absolute atomic E-state index is 12.1. The molecule has 1 heterocycles. The standard InChI is InChI=1S/C17H33N3O2/c1-17(2,20-10-4-3-5-11-20)13-18-16(22)19-15-8-6-14(12-21)7-9-15/h14-15,21H,3-13H2,1-2H3,(H2,18,19,22). The van der Waals surface area contributed by atoms with E-state index in [1.54, 1.807) is 0 Å². The highest BCUT2D eigenvalue weighted by Gasteiger charge is 2.28. The van der Waals surface area contributed by atoms with Crippen LogP contribution in [0.1, 0.15) is 58.8 Å². The van der Waals surface area contributed by atoms with E-state index < -0.39 is 0 Å². The molecule has 1 aliphatic carbocycles.